The molecule has 2 aromatic rings. The molecule has 0 radical (unpaired) electrons. The number of rotatable bonds is 2. The summed E-state index contributed by atoms with van der Waals surface area (Å²) in [5, 5.41) is 0.594. The van der Waals surface area contributed by atoms with Gasteiger partial charge in [0, 0.05) is 18.7 Å². The number of carbonyl (C=O) groups is 1. The molecule has 0 spiro atoms. The third-order valence-electron chi connectivity index (χ3n) is 4.01. The van der Waals surface area contributed by atoms with Gasteiger partial charge >= 0.3 is 0 Å². The van der Waals surface area contributed by atoms with Crippen molar-refractivity contribution in [1.29, 1.82) is 0 Å². The van der Waals surface area contributed by atoms with Gasteiger partial charge in [-0.2, -0.15) is 4.98 Å². The van der Waals surface area contributed by atoms with E-state index >= 15 is 0 Å². The molecule has 0 aliphatic carbocycles. The molecule has 0 unspecified atom stereocenters. The van der Waals surface area contributed by atoms with Crippen molar-refractivity contribution in [2.45, 2.75) is 0 Å². The van der Waals surface area contributed by atoms with E-state index in [-0.39, 0.29) is 12.5 Å². The number of halogens is 2. The van der Waals surface area contributed by atoms with Crippen LogP contribution in [-0.4, -0.2) is 64.3 Å². The van der Waals surface area contributed by atoms with E-state index in [0.717, 1.165) is 17.1 Å². The van der Waals surface area contributed by atoms with Gasteiger partial charge in [0.2, 0.25) is 11.7 Å². The molecule has 11 heteroatoms. The largest absolute Gasteiger partial charge is 0.722 e. The van der Waals surface area contributed by atoms with Crippen molar-refractivity contribution < 1.29 is 21.7 Å². The van der Waals surface area contributed by atoms with Crippen LogP contribution in [0.3, 0.4) is 0 Å². The molecule has 156 valence electrons. The number of fused-ring (bicyclic) bond motifs is 1. The van der Waals surface area contributed by atoms with E-state index in [2.05, 4.69) is 4.99 Å². The molecule has 3 rings (SSSR count). The number of carbonyl (C=O) groups excluding carboxylic acids is 1. The number of amides is 1. The second-order valence-corrected chi connectivity index (χ2v) is 8.23. The average Bonchev–Trinajstić information content (AvgIpc) is 2.71. The molecule has 1 aliphatic rings. The van der Waals surface area contributed by atoms with Crippen LogP contribution in [0.1, 0.15) is 11.3 Å². The number of pyridine rings is 1. The second-order valence-electron chi connectivity index (χ2n) is 7.04. The highest BCUT2D eigenvalue weighted by molar-refractivity contribution is 7.80. The van der Waals surface area contributed by atoms with Gasteiger partial charge in [0.15, 0.2) is 0 Å². The maximum Gasteiger partial charge on any atom is 0.255 e. The fourth-order valence-electron chi connectivity index (χ4n) is 2.59. The van der Waals surface area contributed by atoms with Crippen LogP contribution in [0.2, 0.25) is 5.02 Å². The van der Waals surface area contributed by atoms with Crippen LogP contribution in [0.4, 0.5) is 15.4 Å². The molecule has 1 amide bonds. The van der Waals surface area contributed by atoms with E-state index in [9.17, 15) is 8.68 Å². The Morgan fingerprint density at radius 1 is 1.17 bits per heavy atom. The number of hydrogen-bond donors (Lipinski definition) is 0. The van der Waals surface area contributed by atoms with Crippen molar-refractivity contribution in [2.24, 2.45) is 4.99 Å². The summed E-state index contributed by atoms with van der Waals surface area (Å²) in [4.78, 5) is 23.2. The normalized spacial score (nSPS) is 14.4. The lowest BCUT2D eigenvalue weighted by Gasteiger charge is -2.24. The summed E-state index contributed by atoms with van der Waals surface area (Å²) in [6, 6.07) is 11.4. The highest BCUT2D eigenvalue weighted by atomic mass is 35.5. The smallest absolute Gasteiger partial charge is 0.255 e. The summed E-state index contributed by atoms with van der Waals surface area (Å²) < 4.78 is 35.9. The molecular formula is C18H20ClFN4O4S. The van der Waals surface area contributed by atoms with E-state index in [4.69, 9.17) is 29.6 Å². The Bertz CT molecular complexity index is 1060. The van der Waals surface area contributed by atoms with Crippen molar-refractivity contribution in [3.8, 4) is 0 Å². The number of likely N-dealkylation sites (N-methyl/N-ethyl adjacent to an activating group) is 1. The number of quaternary nitrogens is 1. The van der Waals surface area contributed by atoms with Crippen molar-refractivity contribution in [3.05, 3.63) is 52.7 Å². The van der Waals surface area contributed by atoms with Gasteiger partial charge in [0.05, 0.1) is 37.6 Å². The molecule has 0 bridgehead atoms. The SMILES string of the molecule is CN1C(=O)CN=C(c2ccccc2Cl)c2nc([N+](C)(C)C)ccc21.O=S(=O)([O-])F. The lowest BCUT2D eigenvalue weighted by molar-refractivity contribution is -0.116. The molecule has 29 heavy (non-hydrogen) atoms. The third-order valence-corrected chi connectivity index (χ3v) is 4.34. The molecule has 1 aromatic carbocycles. The standard InChI is InChI=1S/C18H20ClN4O.FHO3S/c1-22-14-9-10-15(23(2,3)4)21-18(14)17(20-11-16(22)24)12-7-5-6-8-13(12)19;1-5(2,3)4/h5-10H,11H2,1-4H3;(H,2,3,4)/q+1;/p-1. The summed E-state index contributed by atoms with van der Waals surface area (Å²) in [7, 11) is 2.48. The van der Waals surface area contributed by atoms with E-state index in [1.807, 2.05) is 57.5 Å². The molecule has 2 heterocycles. The Morgan fingerprint density at radius 3 is 2.31 bits per heavy atom. The summed E-state index contributed by atoms with van der Waals surface area (Å²) in [5.41, 5.74) is 2.87. The minimum absolute atomic E-state index is 0.0712. The Balaban J connectivity index is 0.000000537. The Kier molecular flexibility index (Phi) is 6.74. The van der Waals surface area contributed by atoms with Gasteiger partial charge in [-0.1, -0.05) is 29.8 Å². The fourth-order valence-corrected chi connectivity index (χ4v) is 2.81. The minimum Gasteiger partial charge on any atom is -0.722 e. The maximum absolute atomic E-state index is 12.3. The number of nitrogens with zero attached hydrogens (tertiary/aromatic N) is 4. The maximum atomic E-state index is 12.3. The van der Waals surface area contributed by atoms with E-state index < -0.39 is 10.5 Å². The van der Waals surface area contributed by atoms with Gasteiger partial charge in [0.25, 0.3) is 10.5 Å². The number of aromatic nitrogens is 1. The lowest BCUT2D eigenvalue weighted by Crippen LogP contribution is -2.36. The first-order valence-corrected chi connectivity index (χ1v) is 10.0. The number of aliphatic imine (C=N–C) groups is 1. The monoisotopic (exact) mass is 442 g/mol. The minimum atomic E-state index is -5.42. The zero-order valence-electron chi connectivity index (χ0n) is 16.3. The van der Waals surface area contributed by atoms with Gasteiger partial charge in [-0.25, -0.2) is 8.42 Å². The highest BCUT2D eigenvalue weighted by Crippen LogP contribution is 2.30. The second kappa shape index (κ2) is 8.54. The lowest BCUT2D eigenvalue weighted by atomic mass is 10.0. The molecular weight excluding hydrogens is 423 g/mol. The van der Waals surface area contributed by atoms with Crippen molar-refractivity contribution >= 4 is 45.2 Å². The quantitative estimate of drug-likeness (QED) is 0.403. The predicted octanol–water partition coefficient (Wildman–Crippen LogP) is 2.16. The molecule has 0 N–H and O–H groups in total. The van der Waals surface area contributed by atoms with Gasteiger partial charge < -0.3 is 9.45 Å². The molecule has 1 aliphatic heterocycles. The van der Waals surface area contributed by atoms with Crippen LogP contribution in [0.5, 0.6) is 0 Å². The zero-order valence-corrected chi connectivity index (χ0v) is 17.8. The van der Waals surface area contributed by atoms with Crippen LogP contribution in [0.15, 0.2) is 41.4 Å². The molecule has 1 aromatic heterocycles. The molecule has 0 saturated heterocycles. The summed E-state index contributed by atoms with van der Waals surface area (Å²) in [6.07, 6.45) is 0. The number of benzene rings is 1. The molecule has 0 saturated carbocycles. The van der Waals surface area contributed by atoms with Crippen LogP contribution in [0.25, 0.3) is 0 Å². The summed E-state index contributed by atoms with van der Waals surface area (Å²) >= 11 is 6.37. The Morgan fingerprint density at radius 2 is 1.76 bits per heavy atom. The zero-order chi connectivity index (χ0) is 22.0. The van der Waals surface area contributed by atoms with Crippen molar-refractivity contribution in [1.82, 2.24) is 9.47 Å². The first-order chi connectivity index (χ1) is 13.3. The first kappa shape index (κ1) is 22.9. The Hall–Kier alpha value is -2.40. The van der Waals surface area contributed by atoms with E-state index in [0.29, 0.717) is 20.9 Å². The van der Waals surface area contributed by atoms with Crippen molar-refractivity contribution in [3.63, 3.8) is 0 Å². The van der Waals surface area contributed by atoms with Gasteiger partial charge in [-0.3, -0.25) is 14.3 Å². The summed E-state index contributed by atoms with van der Waals surface area (Å²) in [6.45, 7) is 0.0765. The van der Waals surface area contributed by atoms with Gasteiger partial charge in [-0.05, 0) is 12.1 Å². The van der Waals surface area contributed by atoms with Gasteiger partial charge in [-0.15, -0.1) is 3.89 Å². The molecule has 0 atom stereocenters. The predicted molar refractivity (Wildman–Crippen MR) is 110 cm³/mol. The van der Waals surface area contributed by atoms with Crippen LogP contribution < -0.4 is 9.38 Å². The molecule has 0 fully saturated rings. The first-order valence-electron chi connectivity index (χ1n) is 8.34. The highest BCUT2D eigenvalue weighted by Gasteiger charge is 2.27. The van der Waals surface area contributed by atoms with Crippen molar-refractivity contribution in [2.75, 3.05) is 39.6 Å². The number of hydrogen-bond acceptors (Lipinski definition) is 6. The van der Waals surface area contributed by atoms with E-state index in [1.54, 1.807) is 11.9 Å². The van der Waals surface area contributed by atoms with Gasteiger partial charge in [0.1, 0.15) is 12.2 Å². The fraction of sp³-hybridized carbons (Fsp3) is 0.278. The van der Waals surface area contributed by atoms with Crippen LogP contribution in [0, 0.1) is 0 Å². The average molecular weight is 443 g/mol. The topological polar surface area (TPSA) is 103 Å². The summed E-state index contributed by atoms with van der Waals surface area (Å²) in [5.74, 6) is 0.814. The van der Waals surface area contributed by atoms with Crippen LogP contribution in [-0.2, 0) is 15.3 Å². The van der Waals surface area contributed by atoms with Crippen LogP contribution >= 0.6 is 11.6 Å². The van der Waals surface area contributed by atoms with E-state index in [1.165, 1.54) is 0 Å². The molecule has 8 nitrogen and oxygen atoms in total. The number of anilines is 1. The third kappa shape index (κ3) is 6.04. The Labute approximate surface area is 173 Å².